The zero-order chi connectivity index (χ0) is 11.7. The van der Waals surface area contributed by atoms with Crippen LogP contribution in [0.5, 0.6) is 0 Å². The molecule has 0 aliphatic carbocycles. The van der Waals surface area contributed by atoms with Crippen molar-refractivity contribution in [2.24, 2.45) is 0 Å². The molecule has 0 radical (unpaired) electrons. The number of nitrogens with zero attached hydrogens (tertiary/aromatic N) is 1. The quantitative estimate of drug-likeness (QED) is 0.772. The van der Waals surface area contributed by atoms with Gasteiger partial charge < -0.3 is 4.90 Å². The van der Waals surface area contributed by atoms with E-state index in [0.29, 0.717) is 0 Å². The summed E-state index contributed by atoms with van der Waals surface area (Å²) in [6, 6.07) is 4.22. The summed E-state index contributed by atoms with van der Waals surface area (Å²) in [7, 11) is 0. The van der Waals surface area contributed by atoms with Gasteiger partial charge in [-0.15, -0.1) is 34.7 Å². The molecule has 1 aliphatic rings. The molecule has 1 aliphatic heterocycles. The number of halogens is 1. The Morgan fingerprint density at radius 3 is 2.94 bits per heavy atom. The molecule has 1 aromatic heterocycles. The van der Waals surface area contributed by atoms with Gasteiger partial charge in [-0.1, -0.05) is 0 Å². The molecule has 0 unspecified atom stereocenters. The van der Waals surface area contributed by atoms with Crippen molar-refractivity contribution >= 4 is 40.6 Å². The molecule has 1 saturated heterocycles. The molecule has 0 bridgehead atoms. The highest BCUT2D eigenvalue weighted by molar-refractivity contribution is 7.99. The maximum atomic E-state index is 11.9. The van der Waals surface area contributed by atoms with E-state index in [1.165, 1.54) is 9.75 Å². The molecule has 2 atom stereocenters. The lowest BCUT2D eigenvalue weighted by atomic mass is 10.3. The first-order valence-corrected chi connectivity index (χ1v) is 7.52. The van der Waals surface area contributed by atoms with Gasteiger partial charge in [-0.2, -0.15) is 0 Å². The van der Waals surface area contributed by atoms with Crippen LogP contribution in [0.3, 0.4) is 0 Å². The highest BCUT2D eigenvalue weighted by atomic mass is 35.5. The minimum atomic E-state index is -0.428. The summed E-state index contributed by atoms with van der Waals surface area (Å²) in [5, 5.41) is -0.255. The van der Waals surface area contributed by atoms with E-state index in [1.54, 1.807) is 18.3 Å². The Morgan fingerprint density at radius 1 is 1.62 bits per heavy atom. The summed E-state index contributed by atoms with van der Waals surface area (Å²) < 4.78 is 0. The van der Waals surface area contributed by atoms with Crippen LogP contribution in [-0.2, 0) is 4.79 Å². The van der Waals surface area contributed by atoms with E-state index in [2.05, 4.69) is 19.1 Å². The SMILES string of the molecule is Cc1ccc([C@H]2SCCN2C(=O)[C@H](C)Cl)s1. The first-order chi connectivity index (χ1) is 7.59. The molecule has 2 heterocycles. The highest BCUT2D eigenvalue weighted by Gasteiger charge is 2.33. The maximum Gasteiger partial charge on any atom is 0.241 e. The van der Waals surface area contributed by atoms with Crippen molar-refractivity contribution < 1.29 is 4.79 Å². The Morgan fingerprint density at radius 2 is 2.38 bits per heavy atom. The fourth-order valence-corrected chi connectivity index (χ4v) is 4.25. The molecule has 2 rings (SSSR count). The molecule has 16 heavy (non-hydrogen) atoms. The summed E-state index contributed by atoms with van der Waals surface area (Å²) in [5.41, 5.74) is 0. The summed E-state index contributed by atoms with van der Waals surface area (Å²) in [5.74, 6) is 1.04. The number of aryl methyl sites for hydroxylation is 1. The summed E-state index contributed by atoms with van der Waals surface area (Å²) >= 11 is 9.45. The fraction of sp³-hybridized carbons (Fsp3) is 0.545. The molecular formula is C11H14ClNOS2. The van der Waals surface area contributed by atoms with Gasteiger partial charge in [0.2, 0.25) is 5.91 Å². The number of rotatable bonds is 2. The first-order valence-electron chi connectivity index (χ1n) is 5.22. The van der Waals surface area contributed by atoms with Crippen LogP contribution in [-0.4, -0.2) is 28.5 Å². The molecule has 0 spiro atoms. The van der Waals surface area contributed by atoms with Gasteiger partial charge in [0.05, 0.1) is 0 Å². The van der Waals surface area contributed by atoms with Crippen molar-refractivity contribution in [3.63, 3.8) is 0 Å². The topological polar surface area (TPSA) is 20.3 Å². The number of carbonyl (C=O) groups excluding carboxylic acids is 1. The molecule has 0 N–H and O–H groups in total. The predicted octanol–water partition coefficient (Wildman–Crippen LogP) is 3.26. The summed E-state index contributed by atoms with van der Waals surface area (Å²) in [4.78, 5) is 16.4. The predicted molar refractivity (Wildman–Crippen MR) is 71.3 cm³/mol. The number of thiophene rings is 1. The molecule has 1 amide bonds. The first kappa shape index (κ1) is 12.3. The average molecular weight is 276 g/mol. The Labute approximate surface area is 109 Å². The maximum absolute atomic E-state index is 11.9. The van der Waals surface area contributed by atoms with Crippen molar-refractivity contribution in [3.05, 3.63) is 21.9 Å². The lowest BCUT2D eigenvalue weighted by Crippen LogP contribution is -2.34. The second kappa shape index (κ2) is 4.98. The standard InChI is InChI=1S/C11H14ClNOS2/c1-7-3-4-9(16-7)11-13(5-6-15-11)10(14)8(2)12/h3-4,8,11H,5-6H2,1-2H3/t8-,11+/m0/s1. The Hall–Kier alpha value is -0.190. The Bertz CT molecular complexity index is 391. The number of amides is 1. The molecular weight excluding hydrogens is 262 g/mol. The molecule has 0 aromatic carbocycles. The van der Waals surface area contributed by atoms with Gasteiger partial charge >= 0.3 is 0 Å². The van der Waals surface area contributed by atoms with E-state index in [9.17, 15) is 4.79 Å². The Balaban J connectivity index is 2.18. The van der Waals surface area contributed by atoms with E-state index in [4.69, 9.17) is 11.6 Å². The smallest absolute Gasteiger partial charge is 0.241 e. The normalized spacial score (nSPS) is 22.4. The summed E-state index contributed by atoms with van der Waals surface area (Å²) in [6.07, 6.45) is 0. The van der Waals surface area contributed by atoms with Gasteiger partial charge in [0, 0.05) is 22.1 Å². The van der Waals surface area contributed by atoms with Crippen LogP contribution < -0.4 is 0 Å². The van der Waals surface area contributed by atoms with Crippen LogP contribution in [0.15, 0.2) is 12.1 Å². The molecule has 88 valence electrons. The number of thioether (sulfide) groups is 1. The average Bonchev–Trinajstić information content (AvgIpc) is 2.83. The Kier molecular flexibility index (Phi) is 3.82. The molecule has 1 fully saturated rings. The van der Waals surface area contributed by atoms with Gasteiger partial charge in [0.1, 0.15) is 10.8 Å². The minimum absolute atomic E-state index is 0.0442. The fourth-order valence-electron chi connectivity index (χ4n) is 1.75. The van der Waals surface area contributed by atoms with Crippen LogP contribution in [0.25, 0.3) is 0 Å². The third-order valence-electron chi connectivity index (χ3n) is 2.52. The minimum Gasteiger partial charge on any atom is -0.324 e. The van der Waals surface area contributed by atoms with Crippen molar-refractivity contribution in [3.8, 4) is 0 Å². The molecule has 2 nitrogen and oxygen atoms in total. The van der Waals surface area contributed by atoms with E-state index in [1.807, 2.05) is 16.7 Å². The van der Waals surface area contributed by atoms with E-state index in [0.717, 1.165) is 12.3 Å². The number of alkyl halides is 1. The van der Waals surface area contributed by atoms with Gasteiger partial charge in [0.15, 0.2) is 0 Å². The third-order valence-corrected chi connectivity index (χ3v) is 5.15. The van der Waals surface area contributed by atoms with Crippen molar-refractivity contribution in [2.45, 2.75) is 24.6 Å². The van der Waals surface area contributed by atoms with Gasteiger partial charge in [0.25, 0.3) is 0 Å². The van der Waals surface area contributed by atoms with Crippen LogP contribution >= 0.6 is 34.7 Å². The lowest BCUT2D eigenvalue weighted by Gasteiger charge is -2.23. The number of hydrogen-bond donors (Lipinski definition) is 0. The van der Waals surface area contributed by atoms with Gasteiger partial charge in [-0.25, -0.2) is 0 Å². The molecule has 1 aromatic rings. The number of hydrogen-bond acceptors (Lipinski definition) is 3. The molecule has 5 heteroatoms. The van der Waals surface area contributed by atoms with Crippen molar-refractivity contribution in [1.82, 2.24) is 4.90 Å². The van der Waals surface area contributed by atoms with Crippen LogP contribution in [0.2, 0.25) is 0 Å². The van der Waals surface area contributed by atoms with Crippen LogP contribution in [0, 0.1) is 6.92 Å². The van der Waals surface area contributed by atoms with Crippen molar-refractivity contribution in [2.75, 3.05) is 12.3 Å². The van der Waals surface area contributed by atoms with E-state index < -0.39 is 5.38 Å². The van der Waals surface area contributed by atoms with E-state index in [-0.39, 0.29) is 11.3 Å². The van der Waals surface area contributed by atoms with Crippen molar-refractivity contribution in [1.29, 1.82) is 0 Å². The van der Waals surface area contributed by atoms with Crippen LogP contribution in [0.4, 0.5) is 0 Å². The third kappa shape index (κ3) is 2.39. The van der Waals surface area contributed by atoms with Crippen LogP contribution in [0.1, 0.15) is 22.1 Å². The van der Waals surface area contributed by atoms with Gasteiger partial charge in [-0.05, 0) is 26.0 Å². The highest BCUT2D eigenvalue weighted by Crippen LogP contribution is 2.41. The summed E-state index contributed by atoms with van der Waals surface area (Å²) in [6.45, 7) is 4.63. The second-order valence-electron chi connectivity index (χ2n) is 3.82. The van der Waals surface area contributed by atoms with Gasteiger partial charge in [-0.3, -0.25) is 4.79 Å². The monoisotopic (exact) mass is 275 g/mol. The van der Waals surface area contributed by atoms with E-state index >= 15 is 0 Å². The largest absolute Gasteiger partial charge is 0.324 e. The second-order valence-corrected chi connectivity index (χ2v) is 6.98. The molecule has 0 saturated carbocycles. The number of carbonyl (C=O) groups is 1. The lowest BCUT2D eigenvalue weighted by molar-refractivity contribution is -0.130. The zero-order valence-corrected chi connectivity index (χ0v) is 11.7. The zero-order valence-electron chi connectivity index (χ0n) is 9.27.